The van der Waals surface area contributed by atoms with Crippen molar-refractivity contribution < 1.29 is 14.8 Å². The van der Waals surface area contributed by atoms with Crippen LogP contribution in [-0.4, -0.2) is 34.7 Å². The highest BCUT2D eigenvalue weighted by Gasteiger charge is 2.21. The molecule has 0 aromatic rings. The number of rotatable bonds is 4. The van der Waals surface area contributed by atoms with E-state index in [-0.39, 0.29) is 12.5 Å². The Kier molecular flexibility index (Phi) is 5.06. The van der Waals surface area contributed by atoms with Crippen molar-refractivity contribution in [2.75, 3.05) is 6.54 Å². The number of amides is 2. The fourth-order valence-electron chi connectivity index (χ4n) is 0.920. The molecule has 0 bridgehead atoms. The number of carbonyl (C=O) groups is 2. The number of hydroxylamine groups is 2. The van der Waals surface area contributed by atoms with Gasteiger partial charge in [0.25, 0.3) is 5.91 Å². The largest absolute Gasteiger partial charge is 0.344 e. The Morgan fingerprint density at radius 1 is 1.46 bits per heavy atom. The monoisotopic (exact) mass is 188 g/mol. The molecule has 0 aliphatic heterocycles. The molecule has 0 radical (unpaired) electrons. The van der Waals surface area contributed by atoms with Crippen molar-refractivity contribution in [1.82, 2.24) is 10.4 Å². The van der Waals surface area contributed by atoms with Crippen molar-refractivity contribution in [2.45, 2.75) is 33.2 Å². The van der Waals surface area contributed by atoms with Gasteiger partial charge in [0, 0.05) is 13.5 Å². The highest BCUT2D eigenvalue weighted by Crippen LogP contribution is 1.96. The minimum Gasteiger partial charge on any atom is -0.344 e. The molecule has 5 nitrogen and oxygen atoms in total. The molecule has 1 atom stereocenters. The van der Waals surface area contributed by atoms with Crippen molar-refractivity contribution in [3.63, 3.8) is 0 Å². The molecule has 0 aliphatic rings. The summed E-state index contributed by atoms with van der Waals surface area (Å²) in [7, 11) is 0. The van der Waals surface area contributed by atoms with Crippen LogP contribution in [0.15, 0.2) is 0 Å². The van der Waals surface area contributed by atoms with Gasteiger partial charge < -0.3 is 5.32 Å². The maximum absolute atomic E-state index is 11.3. The second-order valence-corrected chi connectivity index (χ2v) is 2.72. The number of nitrogens with zero attached hydrogens (tertiary/aromatic N) is 1. The molecular weight excluding hydrogens is 172 g/mol. The molecule has 0 heterocycles. The van der Waals surface area contributed by atoms with Gasteiger partial charge in [0.15, 0.2) is 0 Å². The molecule has 13 heavy (non-hydrogen) atoms. The molecule has 0 spiro atoms. The third-order valence-corrected chi connectivity index (χ3v) is 1.64. The summed E-state index contributed by atoms with van der Waals surface area (Å²) in [5.74, 6) is -0.745. The SMILES string of the molecule is CCC(NC(C)=O)C(=O)N(O)CC. The average Bonchev–Trinajstić information content (AvgIpc) is 2.11. The lowest BCUT2D eigenvalue weighted by Crippen LogP contribution is -2.46. The van der Waals surface area contributed by atoms with E-state index < -0.39 is 11.9 Å². The zero-order chi connectivity index (χ0) is 10.4. The van der Waals surface area contributed by atoms with Gasteiger partial charge in [-0.2, -0.15) is 0 Å². The van der Waals surface area contributed by atoms with Gasteiger partial charge in [-0.15, -0.1) is 0 Å². The highest BCUT2D eigenvalue weighted by molar-refractivity contribution is 5.86. The summed E-state index contributed by atoms with van der Waals surface area (Å²) < 4.78 is 0. The van der Waals surface area contributed by atoms with E-state index >= 15 is 0 Å². The number of hydrogen-bond donors (Lipinski definition) is 2. The Balaban J connectivity index is 4.22. The minimum atomic E-state index is -0.623. The van der Waals surface area contributed by atoms with Gasteiger partial charge in [-0.25, -0.2) is 5.06 Å². The smallest absolute Gasteiger partial charge is 0.268 e. The lowest BCUT2D eigenvalue weighted by molar-refractivity contribution is -0.167. The molecular formula is C8H16N2O3. The van der Waals surface area contributed by atoms with E-state index in [0.29, 0.717) is 11.5 Å². The van der Waals surface area contributed by atoms with Gasteiger partial charge >= 0.3 is 0 Å². The quantitative estimate of drug-likeness (QED) is 0.487. The molecule has 0 aromatic carbocycles. The van der Waals surface area contributed by atoms with E-state index in [1.54, 1.807) is 13.8 Å². The molecule has 76 valence electrons. The van der Waals surface area contributed by atoms with Crippen molar-refractivity contribution in [3.8, 4) is 0 Å². The third-order valence-electron chi connectivity index (χ3n) is 1.64. The molecule has 5 heteroatoms. The van der Waals surface area contributed by atoms with Crippen molar-refractivity contribution in [2.24, 2.45) is 0 Å². The molecule has 0 saturated heterocycles. The Morgan fingerprint density at radius 3 is 2.31 bits per heavy atom. The van der Waals surface area contributed by atoms with Crippen LogP contribution in [0, 0.1) is 0 Å². The predicted octanol–water partition coefficient (Wildman–Crippen LogP) is 0.139. The van der Waals surface area contributed by atoms with Crippen LogP contribution in [0.3, 0.4) is 0 Å². The molecule has 0 rings (SSSR count). The van der Waals surface area contributed by atoms with Gasteiger partial charge in [-0.3, -0.25) is 14.8 Å². The number of likely N-dealkylation sites (N-methyl/N-ethyl adjacent to an activating group) is 1. The van der Waals surface area contributed by atoms with Crippen LogP contribution in [0.4, 0.5) is 0 Å². The summed E-state index contributed by atoms with van der Waals surface area (Å²) in [6, 6.07) is -0.623. The fraction of sp³-hybridized carbons (Fsp3) is 0.750. The van der Waals surface area contributed by atoms with Crippen LogP contribution >= 0.6 is 0 Å². The summed E-state index contributed by atoms with van der Waals surface area (Å²) >= 11 is 0. The zero-order valence-corrected chi connectivity index (χ0v) is 8.20. The van der Waals surface area contributed by atoms with E-state index in [0.717, 1.165) is 0 Å². The van der Waals surface area contributed by atoms with E-state index in [1.807, 2.05) is 0 Å². The van der Waals surface area contributed by atoms with Crippen LogP contribution in [0.25, 0.3) is 0 Å². The van der Waals surface area contributed by atoms with Crippen LogP contribution in [-0.2, 0) is 9.59 Å². The Bertz CT molecular complexity index is 194. The van der Waals surface area contributed by atoms with E-state index in [1.165, 1.54) is 6.92 Å². The van der Waals surface area contributed by atoms with Crippen molar-refractivity contribution in [1.29, 1.82) is 0 Å². The van der Waals surface area contributed by atoms with Gasteiger partial charge in [0.1, 0.15) is 6.04 Å². The molecule has 2 N–H and O–H groups in total. The first-order valence-electron chi connectivity index (χ1n) is 4.30. The van der Waals surface area contributed by atoms with Gasteiger partial charge in [0.05, 0.1) is 0 Å². The minimum absolute atomic E-state index is 0.217. The molecule has 0 aliphatic carbocycles. The lowest BCUT2D eigenvalue weighted by Gasteiger charge is -2.20. The van der Waals surface area contributed by atoms with Gasteiger partial charge in [-0.1, -0.05) is 6.92 Å². The van der Waals surface area contributed by atoms with E-state index in [4.69, 9.17) is 5.21 Å². The second kappa shape index (κ2) is 5.53. The van der Waals surface area contributed by atoms with Crippen LogP contribution in [0.1, 0.15) is 27.2 Å². The molecule has 0 aromatic heterocycles. The Morgan fingerprint density at radius 2 is 2.00 bits per heavy atom. The summed E-state index contributed by atoms with van der Waals surface area (Å²) in [4.78, 5) is 22.0. The summed E-state index contributed by atoms with van der Waals surface area (Å²) in [5.41, 5.74) is 0. The molecule has 0 saturated carbocycles. The van der Waals surface area contributed by atoms with E-state index in [2.05, 4.69) is 5.32 Å². The predicted molar refractivity (Wildman–Crippen MR) is 47.1 cm³/mol. The maximum atomic E-state index is 11.3. The normalized spacial score (nSPS) is 12.0. The zero-order valence-electron chi connectivity index (χ0n) is 8.20. The fourth-order valence-corrected chi connectivity index (χ4v) is 0.920. The van der Waals surface area contributed by atoms with Crippen molar-refractivity contribution in [3.05, 3.63) is 0 Å². The van der Waals surface area contributed by atoms with Crippen LogP contribution < -0.4 is 5.32 Å². The van der Waals surface area contributed by atoms with Gasteiger partial charge in [-0.05, 0) is 13.3 Å². The van der Waals surface area contributed by atoms with Gasteiger partial charge in [0.2, 0.25) is 5.91 Å². The highest BCUT2D eigenvalue weighted by atomic mass is 16.5. The van der Waals surface area contributed by atoms with Crippen molar-refractivity contribution >= 4 is 11.8 Å². The Hall–Kier alpha value is -1.10. The second-order valence-electron chi connectivity index (χ2n) is 2.72. The third kappa shape index (κ3) is 3.89. The first-order chi connectivity index (χ1) is 6.02. The summed E-state index contributed by atoms with van der Waals surface area (Å²) in [6.45, 7) is 4.97. The Labute approximate surface area is 77.7 Å². The maximum Gasteiger partial charge on any atom is 0.268 e. The molecule has 2 amide bonds. The number of carbonyl (C=O) groups excluding carboxylic acids is 2. The van der Waals surface area contributed by atoms with E-state index in [9.17, 15) is 9.59 Å². The molecule has 0 fully saturated rings. The standard InChI is InChI=1S/C8H16N2O3/c1-4-7(9-6(3)11)8(12)10(13)5-2/h7,13H,4-5H2,1-3H3,(H,9,11). The topological polar surface area (TPSA) is 69.6 Å². The lowest BCUT2D eigenvalue weighted by atomic mass is 10.2. The van der Waals surface area contributed by atoms with Crippen LogP contribution in [0.5, 0.6) is 0 Å². The molecule has 1 unspecified atom stereocenters. The first kappa shape index (κ1) is 11.9. The summed E-state index contributed by atoms with van der Waals surface area (Å²) in [5, 5.41) is 12.1. The van der Waals surface area contributed by atoms with Crippen LogP contribution in [0.2, 0.25) is 0 Å². The number of hydrogen-bond acceptors (Lipinski definition) is 3. The average molecular weight is 188 g/mol. The number of nitrogens with one attached hydrogen (secondary N) is 1. The first-order valence-corrected chi connectivity index (χ1v) is 4.30. The summed E-state index contributed by atoms with van der Waals surface area (Å²) in [6.07, 6.45) is 0.468.